The molecule has 2 aromatic rings. The highest BCUT2D eigenvalue weighted by molar-refractivity contribution is 6.30. The summed E-state index contributed by atoms with van der Waals surface area (Å²) in [6, 6.07) is 9.65. The summed E-state index contributed by atoms with van der Waals surface area (Å²) in [5.41, 5.74) is 2.02. The van der Waals surface area contributed by atoms with Crippen LogP contribution >= 0.6 is 23.2 Å². The second-order valence-electron chi connectivity index (χ2n) is 4.12. The van der Waals surface area contributed by atoms with E-state index in [-0.39, 0.29) is 5.28 Å². The van der Waals surface area contributed by atoms with Crippen molar-refractivity contribution < 1.29 is 0 Å². The highest BCUT2D eigenvalue weighted by atomic mass is 35.5. The molecule has 18 heavy (non-hydrogen) atoms. The Morgan fingerprint density at radius 2 is 1.78 bits per heavy atom. The molecule has 5 heteroatoms. The molecular weight excluding hydrogens is 269 g/mol. The zero-order chi connectivity index (χ0) is 13.1. The molecule has 0 aliphatic rings. The van der Waals surface area contributed by atoms with Crippen molar-refractivity contribution in [3.8, 4) is 0 Å². The van der Waals surface area contributed by atoms with E-state index in [2.05, 4.69) is 9.97 Å². The molecule has 94 valence electrons. The molecule has 0 aliphatic carbocycles. The van der Waals surface area contributed by atoms with E-state index < -0.39 is 0 Å². The van der Waals surface area contributed by atoms with Gasteiger partial charge in [-0.05, 0) is 36.2 Å². The molecule has 0 amide bonds. The number of nitrogens with zero attached hydrogens (tertiary/aromatic N) is 3. The first-order chi connectivity index (χ1) is 8.54. The van der Waals surface area contributed by atoms with Crippen LogP contribution in [0, 0.1) is 6.92 Å². The lowest BCUT2D eigenvalue weighted by Gasteiger charge is -2.18. The summed E-state index contributed by atoms with van der Waals surface area (Å²) < 4.78 is 0. The number of halogens is 2. The van der Waals surface area contributed by atoms with Crippen molar-refractivity contribution in [3.63, 3.8) is 0 Å². The van der Waals surface area contributed by atoms with Crippen molar-refractivity contribution in [2.24, 2.45) is 0 Å². The summed E-state index contributed by atoms with van der Waals surface area (Å²) >= 11 is 11.7. The second-order valence-corrected chi connectivity index (χ2v) is 4.89. The Morgan fingerprint density at radius 3 is 2.39 bits per heavy atom. The Morgan fingerprint density at radius 1 is 1.11 bits per heavy atom. The van der Waals surface area contributed by atoms with Gasteiger partial charge in [0.25, 0.3) is 0 Å². The predicted octanol–water partition coefficient (Wildman–Crippen LogP) is 3.73. The van der Waals surface area contributed by atoms with Crippen LogP contribution in [0.25, 0.3) is 0 Å². The number of aryl methyl sites for hydroxylation is 1. The van der Waals surface area contributed by atoms with E-state index in [4.69, 9.17) is 23.2 Å². The maximum Gasteiger partial charge on any atom is 0.224 e. The molecule has 1 aromatic carbocycles. The third-order valence-electron chi connectivity index (χ3n) is 2.54. The summed E-state index contributed by atoms with van der Waals surface area (Å²) in [4.78, 5) is 10.3. The van der Waals surface area contributed by atoms with Gasteiger partial charge in [-0.1, -0.05) is 23.7 Å². The van der Waals surface area contributed by atoms with Crippen LogP contribution in [0.15, 0.2) is 30.3 Å². The molecule has 0 saturated carbocycles. The van der Waals surface area contributed by atoms with E-state index in [1.54, 1.807) is 0 Å². The van der Waals surface area contributed by atoms with Crippen LogP contribution in [-0.2, 0) is 6.54 Å². The molecule has 0 spiro atoms. The molecule has 3 nitrogen and oxygen atoms in total. The van der Waals surface area contributed by atoms with Crippen LogP contribution in [0.3, 0.4) is 0 Å². The normalized spacial score (nSPS) is 10.4. The van der Waals surface area contributed by atoms with Crippen molar-refractivity contribution in [2.75, 3.05) is 11.9 Å². The first-order valence-corrected chi connectivity index (χ1v) is 6.27. The molecule has 0 atom stereocenters. The van der Waals surface area contributed by atoms with E-state index in [1.807, 2.05) is 49.2 Å². The lowest BCUT2D eigenvalue weighted by atomic mass is 10.2. The number of aromatic nitrogens is 2. The van der Waals surface area contributed by atoms with Gasteiger partial charge in [-0.3, -0.25) is 0 Å². The molecular formula is C13H13Cl2N3. The molecule has 0 radical (unpaired) electrons. The number of benzene rings is 1. The standard InChI is InChI=1S/C13H13Cl2N3/c1-9-7-12(17-13(15)16-9)18(2)8-10-3-5-11(14)6-4-10/h3-7H,8H2,1-2H3. The van der Waals surface area contributed by atoms with Gasteiger partial charge in [0.05, 0.1) is 0 Å². The van der Waals surface area contributed by atoms with Gasteiger partial charge in [0.1, 0.15) is 5.82 Å². The summed E-state index contributed by atoms with van der Waals surface area (Å²) in [5.74, 6) is 0.808. The molecule has 0 fully saturated rings. The maximum absolute atomic E-state index is 5.86. The van der Waals surface area contributed by atoms with Crippen LogP contribution in [-0.4, -0.2) is 17.0 Å². The Kier molecular flexibility index (Phi) is 4.04. The first kappa shape index (κ1) is 13.1. The van der Waals surface area contributed by atoms with Gasteiger partial charge in [-0.25, -0.2) is 9.97 Å². The minimum atomic E-state index is 0.271. The molecule has 0 aliphatic heterocycles. The van der Waals surface area contributed by atoms with Crippen LogP contribution in [0.2, 0.25) is 10.3 Å². The van der Waals surface area contributed by atoms with E-state index in [0.29, 0.717) is 0 Å². The highest BCUT2D eigenvalue weighted by Gasteiger charge is 2.06. The molecule has 0 unspecified atom stereocenters. The van der Waals surface area contributed by atoms with Gasteiger partial charge in [-0.2, -0.15) is 0 Å². The average molecular weight is 282 g/mol. The monoisotopic (exact) mass is 281 g/mol. The first-order valence-electron chi connectivity index (χ1n) is 5.51. The Bertz CT molecular complexity index is 520. The van der Waals surface area contributed by atoms with Crippen molar-refractivity contribution in [1.29, 1.82) is 0 Å². The third kappa shape index (κ3) is 3.34. The number of rotatable bonds is 3. The van der Waals surface area contributed by atoms with Gasteiger partial charge in [0, 0.05) is 30.4 Å². The number of hydrogen-bond acceptors (Lipinski definition) is 3. The fourth-order valence-electron chi connectivity index (χ4n) is 1.66. The SMILES string of the molecule is Cc1cc(N(C)Cc2ccc(Cl)cc2)nc(Cl)n1. The van der Waals surface area contributed by atoms with E-state index in [1.165, 1.54) is 0 Å². The number of hydrogen-bond donors (Lipinski definition) is 0. The molecule has 1 aromatic heterocycles. The van der Waals surface area contributed by atoms with E-state index >= 15 is 0 Å². The van der Waals surface area contributed by atoms with Gasteiger partial charge < -0.3 is 4.90 Å². The maximum atomic E-state index is 5.86. The molecule has 0 N–H and O–H groups in total. The van der Waals surface area contributed by atoms with Crippen LogP contribution < -0.4 is 4.90 Å². The molecule has 0 bridgehead atoms. The van der Waals surface area contributed by atoms with Crippen LogP contribution in [0.1, 0.15) is 11.3 Å². The average Bonchev–Trinajstić information content (AvgIpc) is 2.31. The summed E-state index contributed by atoms with van der Waals surface area (Å²) in [7, 11) is 1.96. The Balaban J connectivity index is 2.16. The summed E-state index contributed by atoms with van der Waals surface area (Å²) in [6.45, 7) is 2.64. The minimum Gasteiger partial charge on any atom is -0.355 e. The quantitative estimate of drug-likeness (QED) is 0.803. The van der Waals surface area contributed by atoms with E-state index in [0.717, 1.165) is 28.6 Å². The van der Waals surface area contributed by atoms with Crippen molar-refractivity contribution in [3.05, 3.63) is 51.9 Å². The third-order valence-corrected chi connectivity index (χ3v) is 2.96. The Hall–Kier alpha value is -1.32. The highest BCUT2D eigenvalue weighted by Crippen LogP contribution is 2.17. The van der Waals surface area contributed by atoms with Crippen LogP contribution in [0.4, 0.5) is 5.82 Å². The minimum absolute atomic E-state index is 0.271. The number of anilines is 1. The lowest BCUT2D eigenvalue weighted by molar-refractivity contribution is 0.886. The van der Waals surface area contributed by atoms with Gasteiger partial charge in [0.2, 0.25) is 5.28 Å². The fourth-order valence-corrected chi connectivity index (χ4v) is 2.00. The van der Waals surface area contributed by atoms with Gasteiger partial charge >= 0.3 is 0 Å². The summed E-state index contributed by atoms with van der Waals surface area (Å²) in [6.07, 6.45) is 0. The van der Waals surface area contributed by atoms with Crippen molar-refractivity contribution in [1.82, 2.24) is 9.97 Å². The molecule has 2 rings (SSSR count). The van der Waals surface area contributed by atoms with Gasteiger partial charge in [0.15, 0.2) is 0 Å². The van der Waals surface area contributed by atoms with Crippen molar-refractivity contribution >= 4 is 29.0 Å². The lowest BCUT2D eigenvalue weighted by Crippen LogP contribution is -2.18. The topological polar surface area (TPSA) is 29.0 Å². The summed E-state index contributed by atoms with van der Waals surface area (Å²) in [5, 5.41) is 1.01. The zero-order valence-electron chi connectivity index (χ0n) is 10.2. The molecule has 0 saturated heterocycles. The molecule has 1 heterocycles. The van der Waals surface area contributed by atoms with Crippen molar-refractivity contribution in [2.45, 2.75) is 13.5 Å². The largest absolute Gasteiger partial charge is 0.355 e. The van der Waals surface area contributed by atoms with E-state index in [9.17, 15) is 0 Å². The second kappa shape index (κ2) is 5.55. The van der Waals surface area contributed by atoms with Gasteiger partial charge in [-0.15, -0.1) is 0 Å². The zero-order valence-corrected chi connectivity index (χ0v) is 11.7. The fraction of sp³-hybridized carbons (Fsp3) is 0.231. The smallest absolute Gasteiger partial charge is 0.224 e. The van der Waals surface area contributed by atoms with Crippen LogP contribution in [0.5, 0.6) is 0 Å². The predicted molar refractivity (Wildman–Crippen MR) is 75.3 cm³/mol. The Labute approximate surface area is 116 Å².